The summed E-state index contributed by atoms with van der Waals surface area (Å²) in [7, 11) is 1.42. The van der Waals surface area contributed by atoms with Crippen molar-refractivity contribution in [3.63, 3.8) is 0 Å². The highest BCUT2D eigenvalue weighted by Gasteiger charge is 2.14. The van der Waals surface area contributed by atoms with Crippen molar-refractivity contribution in [2.75, 3.05) is 11.1 Å². The zero-order valence-corrected chi connectivity index (χ0v) is 16.9. The Morgan fingerprint density at radius 3 is 2.71 bits per heavy atom. The second-order valence-corrected chi connectivity index (χ2v) is 7.93. The van der Waals surface area contributed by atoms with Crippen LogP contribution in [0.2, 0.25) is 0 Å². The van der Waals surface area contributed by atoms with Gasteiger partial charge in [0.05, 0.1) is 5.75 Å². The molecule has 0 spiro atoms. The lowest BCUT2D eigenvalue weighted by molar-refractivity contribution is -0.113. The predicted molar refractivity (Wildman–Crippen MR) is 103 cm³/mol. The minimum absolute atomic E-state index is 0.0832. The molecule has 1 amide bonds. The Balaban J connectivity index is 1.55. The molecule has 0 aliphatic carbocycles. The molecule has 0 atom stereocenters. The van der Waals surface area contributed by atoms with Gasteiger partial charge in [0.1, 0.15) is 5.01 Å². The van der Waals surface area contributed by atoms with Gasteiger partial charge in [-0.15, -0.1) is 20.4 Å². The minimum Gasteiger partial charge on any atom is -0.416 e. The molecule has 3 aromatic rings. The van der Waals surface area contributed by atoms with Gasteiger partial charge in [0, 0.05) is 24.7 Å². The van der Waals surface area contributed by atoms with E-state index in [4.69, 9.17) is 4.42 Å². The number of aromatic amines is 1. The summed E-state index contributed by atoms with van der Waals surface area (Å²) in [5, 5.41) is 19.5. The molecule has 0 fully saturated rings. The minimum atomic E-state index is -0.454. The molecular weight excluding hydrogens is 406 g/mol. The molecule has 13 heteroatoms. The van der Waals surface area contributed by atoms with Crippen molar-refractivity contribution in [1.29, 1.82) is 0 Å². The average molecular weight is 423 g/mol. The van der Waals surface area contributed by atoms with Crippen molar-refractivity contribution >= 4 is 34.1 Å². The van der Waals surface area contributed by atoms with Crippen LogP contribution in [0, 0.1) is 13.8 Å². The van der Waals surface area contributed by atoms with E-state index in [-0.39, 0.29) is 22.4 Å². The highest BCUT2D eigenvalue weighted by molar-refractivity contribution is 7.99. The van der Waals surface area contributed by atoms with E-state index >= 15 is 0 Å². The van der Waals surface area contributed by atoms with E-state index in [1.807, 2.05) is 0 Å². The summed E-state index contributed by atoms with van der Waals surface area (Å²) < 4.78 is 6.52. The van der Waals surface area contributed by atoms with E-state index in [2.05, 4.69) is 30.7 Å². The second-order valence-electron chi connectivity index (χ2n) is 5.82. The molecule has 28 heavy (non-hydrogen) atoms. The third-order valence-electron chi connectivity index (χ3n) is 3.75. The third-order valence-corrected chi connectivity index (χ3v) is 5.32. The quantitative estimate of drug-likeness (QED) is 0.516. The number of H-pyrrole nitrogens is 1. The summed E-state index contributed by atoms with van der Waals surface area (Å²) in [6.07, 6.45) is 0.685. The average Bonchev–Trinajstić information content (AvgIpc) is 3.27. The van der Waals surface area contributed by atoms with Crippen molar-refractivity contribution in [3.8, 4) is 0 Å². The molecule has 0 saturated heterocycles. The first kappa shape index (κ1) is 19.9. The zero-order valence-electron chi connectivity index (χ0n) is 15.3. The van der Waals surface area contributed by atoms with Gasteiger partial charge < -0.3 is 9.40 Å². The summed E-state index contributed by atoms with van der Waals surface area (Å²) in [5.74, 6) is 0.170. The van der Waals surface area contributed by atoms with Gasteiger partial charge in [-0.05, 0) is 20.3 Å². The van der Waals surface area contributed by atoms with Crippen molar-refractivity contribution < 1.29 is 9.21 Å². The molecule has 3 heterocycles. The molecule has 148 valence electrons. The largest absolute Gasteiger partial charge is 0.416 e. The normalized spacial score (nSPS) is 11.0. The van der Waals surface area contributed by atoms with Crippen LogP contribution in [0.4, 0.5) is 5.13 Å². The number of aromatic nitrogens is 6. The van der Waals surface area contributed by atoms with Crippen LogP contribution >= 0.6 is 23.1 Å². The molecule has 0 saturated carbocycles. The Kier molecular flexibility index (Phi) is 6.04. The van der Waals surface area contributed by atoms with Crippen LogP contribution in [-0.4, -0.2) is 41.6 Å². The SMILES string of the molecule is Cc1nnc(NC(=O)CSc2nnc(CCc3c(C)[nH]c(=O)n(C)c3=O)o2)s1. The summed E-state index contributed by atoms with van der Waals surface area (Å²) in [4.78, 5) is 38.3. The van der Waals surface area contributed by atoms with Crippen LogP contribution in [0.5, 0.6) is 0 Å². The first-order chi connectivity index (χ1) is 13.3. The Morgan fingerprint density at radius 1 is 1.21 bits per heavy atom. The lowest BCUT2D eigenvalue weighted by atomic mass is 10.1. The smallest absolute Gasteiger partial charge is 0.328 e. The summed E-state index contributed by atoms with van der Waals surface area (Å²) in [5.41, 5.74) is 0.204. The Labute approximate surface area is 166 Å². The molecule has 0 unspecified atom stereocenters. The molecule has 0 bridgehead atoms. The fraction of sp³-hybridized carbons (Fsp3) is 0.400. The number of hydrogen-bond acceptors (Lipinski definition) is 10. The van der Waals surface area contributed by atoms with Crippen molar-refractivity contribution in [3.05, 3.63) is 43.0 Å². The van der Waals surface area contributed by atoms with Gasteiger partial charge >= 0.3 is 5.69 Å². The van der Waals surface area contributed by atoms with Crippen molar-refractivity contribution in [2.24, 2.45) is 7.05 Å². The number of aryl methyl sites for hydroxylation is 3. The van der Waals surface area contributed by atoms with Crippen LogP contribution in [0.25, 0.3) is 0 Å². The molecule has 2 N–H and O–H groups in total. The van der Waals surface area contributed by atoms with Gasteiger partial charge in [-0.2, -0.15) is 0 Å². The van der Waals surface area contributed by atoms with E-state index in [1.165, 1.54) is 18.4 Å². The number of nitrogens with one attached hydrogen (secondary N) is 2. The molecule has 3 aromatic heterocycles. The second kappa shape index (κ2) is 8.48. The maximum atomic E-state index is 12.2. The maximum Gasteiger partial charge on any atom is 0.328 e. The Bertz CT molecular complexity index is 1110. The first-order valence-corrected chi connectivity index (χ1v) is 9.97. The fourth-order valence-corrected chi connectivity index (χ4v) is 3.52. The molecule has 0 aliphatic heterocycles. The van der Waals surface area contributed by atoms with Crippen LogP contribution in [-0.2, 0) is 24.7 Å². The van der Waals surface area contributed by atoms with E-state index in [0.29, 0.717) is 35.1 Å². The van der Waals surface area contributed by atoms with Gasteiger partial charge in [0.2, 0.25) is 16.9 Å². The topological polar surface area (TPSA) is 149 Å². The highest BCUT2D eigenvalue weighted by atomic mass is 32.2. The highest BCUT2D eigenvalue weighted by Crippen LogP contribution is 2.18. The van der Waals surface area contributed by atoms with E-state index in [0.717, 1.165) is 21.3 Å². The van der Waals surface area contributed by atoms with Crippen LogP contribution in [0.15, 0.2) is 19.2 Å². The van der Waals surface area contributed by atoms with Gasteiger partial charge in [-0.3, -0.25) is 19.5 Å². The van der Waals surface area contributed by atoms with Gasteiger partial charge in [0.25, 0.3) is 10.8 Å². The van der Waals surface area contributed by atoms with Crippen molar-refractivity contribution in [2.45, 2.75) is 31.9 Å². The number of anilines is 1. The van der Waals surface area contributed by atoms with E-state index in [9.17, 15) is 14.4 Å². The fourth-order valence-electron chi connectivity index (χ4n) is 2.33. The molecular formula is C15H17N7O4S2. The Hall–Kier alpha value is -2.80. The summed E-state index contributed by atoms with van der Waals surface area (Å²) >= 11 is 2.38. The van der Waals surface area contributed by atoms with Crippen molar-refractivity contribution in [1.82, 2.24) is 29.9 Å². The number of rotatable bonds is 7. The molecule has 0 radical (unpaired) electrons. The van der Waals surface area contributed by atoms with Gasteiger partial charge in [-0.1, -0.05) is 23.1 Å². The molecule has 0 aliphatic rings. The van der Waals surface area contributed by atoms with Crippen LogP contribution < -0.4 is 16.6 Å². The lowest BCUT2D eigenvalue weighted by Crippen LogP contribution is -2.36. The number of carbonyl (C=O) groups excluding carboxylic acids is 1. The number of amides is 1. The van der Waals surface area contributed by atoms with E-state index in [1.54, 1.807) is 13.8 Å². The number of hydrogen-bond donors (Lipinski definition) is 2. The lowest BCUT2D eigenvalue weighted by Gasteiger charge is -2.05. The Morgan fingerprint density at radius 2 is 2.00 bits per heavy atom. The zero-order chi connectivity index (χ0) is 20.3. The molecule has 11 nitrogen and oxygen atoms in total. The van der Waals surface area contributed by atoms with Crippen LogP contribution in [0.3, 0.4) is 0 Å². The van der Waals surface area contributed by atoms with Crippen LogP contribution in [0.1, 0.15) is 22.2 Å². The van der Waals surface area contributed by atoms with Gasteiger partial charge in [0.15, 0.2) is 0 Å². The third kappa shape index (κ3) is 4.72. The van der Waals surface area contributed by atoms with E-state index < -0.39 is 5.69 Å². The number of nitrogens with zero attached hydrogens (tertiary/aromatic N) is 5. The standard InChI is InChI=1S/C15H17N7O4S2/c1-7-9(12(24)22(3)14(25)16-7)4-5-11-19-21-15(26-11)27-6-10(23)17-13-20-18-8(2)28-13/h4-6H2,1-3H3,(H,16,25)(H,17,20,23). The molecule has 3 rings (SSSR count). The monoisotopic (exact) mass is 423 g/mol. The number of carbonyl (C=O) groups is 1. The summed E-state index contributed by atoms with van der Waals surface area (Å²) in [6.45, 7) is 3.47. The molecule has 0 aromatic carbocycles. The first-order valence-electron chi connectivity index (χ1n) is 8.17. The maximum absolute atomic E-state index is 12.2. The van der Waals surface area contributed by atoms with Gasteiger partial charge in [-0.25, -0.2) is 4.79 Å². The summed E-state index contributed by atoms with van der Waals surface area (Å²) in [6, 6.07) is 0. The predicted octanol–water partition coefficient (Wildman–Crippen LogP) is 0.441. The number of thioether (sulfide) groups is 1.